The van der Waals surface area contributed by atoms with Gasteiger partial charge in [-0.1, -0.05) is 62.9 Å². The van der Waals surface area contributed by atoms with Crippen LogP contribution in [0.3, 0.4) is 0 Å². The molecule has 3 aromatic rings. The number of aromatic nitrogens is 4. The van der Waals surface area contributed by atoms with Crippen molar-refractivity contribution in [3.8, 4) is 0 Å². The van der Waals surface area contributed by atoms with Crippen molar-refractivity contribution in [1.82, 2.24) is 25.1 Å². The zero-order chi connectivity index (χ0) is 22.1. The van der Waals surface area contributed by atoms with Gasteiger partial charge >= 0.3 is 0 Å². The van der Waals surface area contributed by atoms with E-state index in [-0.39, 0.29) is 11.8 Å². The molecule has 0 saturated carbocycles. The molecule has 0 saturated heterocycles. The third-order valence-electron chi connectivity index (χ3n) is 5.00. The maximum absolute atomic E-state index is 12.7. The van der Waals surface area contributed by atoms with E-state index in [0.717, 1.165) is 59.1 Å². The fourth-order valence-corrected chi connectivity index (χ4v) is 4.09. The Morgan fingerprint density at radius 2 is 1.90 bits per heavy atom. The molecule has 31 heavy (non-hydrogen) atoms. The summed E-state index contributed by atoms with van der Waals surface area (Å²) in [5.41, 5.74) is 1.85. The second-order valence-corrected chi connectivity index (χ2v) is 8.46. The van der Waals surface area contributed by atoms with Crippen molar-refractivity contribution in [2.24, 2.45) is 0 Å². The number of nitrogens with zero attached hydrogens (tertiary/aromatic N) is 4. The van der Waals surface area contributed by atoms with Crippen LogP contribution in [0.2, 0.25) is 0 Å². The van der Waals surface area contributed by atoms with Crippen LogP contribution in [0.5, 0.6) is 0 Å². The average Bonchev–Trinajstić information content (AvgIpc) is 3.20. The van der Waals surface area contributed by atoms with Crippen LogP contribution < -0.4 is 10.6 Å². The van der Waals surface area contributed by atoms with E-state index in [2.05, 4.69) is 34.6 Å². The van der Waals surface area contributed by atoms with E-state index in [4.69, 9.17) is 4.98 Å². The van der Waals surface area contributed by atoms with Gasteiger partial charge in [-0.3, -0.25) is 4.79 Å². The molecule has 1 aromatic carbocycles. The van der Waals surface area contributed by atoms with Gasteiger partial charge in [0, 0.05) is 18.8 Å². The minimum absolute atomic E-state index is 0.0456. The number of benzene rings is 1. The molecule has 1 atom stereocenters. The van der Waals surface area contributed by atoms with Crippen LogP contribution in [0, 0.1) is 0 Å². The first-order chi connectivity index (χ1) is 15.2. The lowest BCUT2D eigenvalue weighted by Crippen LogP contribution is -2.32. The molecule has 0 spiro atoms. The Morgan fingerprint density at radius 1 is 1.10 bits per heavy atom. The Kier molecular flexibility index (Phi) is 8.70. The van der Waals surface area contributed by atoms with Crippen molar-refractivity contribution in [2.75, 3.05) is 24.2 Å². The van der Waals surface area contributed by atoms with Crippen LogP contribution in [0.4, 0.5) is 5.82 Å². The van der Waals surface area contributed by atoms with Crippen LogP contribution in [-0.4, -0.2) is 44.5 Å². The number of carbonyl (C=O) groups excluding carboxylic acids is 1. The molecular weight excluding hydrogens is 408 g/mol. The Labute approximate surface area is 188 Å². The monoisotopic (exact) mass is 440 g/mol. The Balaban J connectivity index is 1.71. The number of amides is 1. The third-order valence-corrected chi connectivity index (χ3v) is 6.06. The van der Waals surface area contributed by atoms with Crippen molar-refractivity contribution in [2.45, 2.75) is 57.7 Å². The van der Waals surface area contributed by atoms with Crippen molar-refractivity contribution >= 4 is 34.5 Å². The number of anilines is 1. The summed E-state index contributed by atoms with van der Waals surface area (Å²) < 4.78 is 1.86. The van der Waals surface area contributed by atoms with E-state index in [1.807, 2.05) is 48.1 Å². The zero-order valence-electron chi connectivity index (χ0n) is 18.6. The van der Waals surface area contributed by atoms with Crippen LogP contribution in [0.1, 0.15) is 51.5 Å². The highest BCUT2D eigenvalue weighted by Gasteiger charge is 2.18. The molecule has 0 bridgehead atoms. The largest absolute Gasteiger partial charge is 0.369 e. The summed E-state index contributed by atoms with van der Waals surface area (Å²) in [6.45, 7) is 8.22. The molecule has 166 valence electrons. The first kappa shape index (κ1) is 23.1. The molecule has 0 fully saturated rings. The fraction of sp³-hybridized carbons (Fsp3) is 0.478. The molecule has 3 rings (SSSR count). The third kappa shape index (κ3) is 5.97. The second kappa shape index (κ2) is 11.7. The van der Waals surface area contributed by atoms with Gasteiger partial charge in [-0.2, -0.15) is 5.10 Å². The summed E-state index contributed by atoms with van der Waals surface area (Å²) in [7, 11) is 0. The number of hydrogen-bond acceptors (Lipinski definition) is 6. The fourth-order valence-electron chi connectivity index (χ4n) is 3.40. The number of carbonyl (C=O) groups is 1. The number of nitrogens with one attached hydrogen (secondary N) is 2. The Bertz CT molecular complexity index is 975. The van der Waals surface area contributed by atoms with E-state index >= 15 is 0 Å². The summed E-state index contributed by atoms with van der Waals surface area (Å²) in [5, 5.41) is 12.7. The van der Waals surface area contributed by atoms with Crippen LogP contribution >= 0.6 is 11.8 Å². The lowest BCUT2D eigenvalue weighted by atomic mass is 9.96. The normalized spacial score (nSPS) is 12.1. The molecule has 1 amide bonds. The summed E-state index contributed by atoms with van der Waals surface area (Å²) in [5.74, 6) is 1.71. The molecular formula is C23H32N6OS. The van der Waals surface area contributed by atoms with Gasteiger partial charge in [0.05, 0.1) is 24.0 Å². The predicted molar refractivity (Wildman–Crippen MR) is 128 cm³/mol. The van der Waals surface area contributed by atoms with Crippen molar-refractivity contribution < 1.29 is 4.79 Å². The molecule has 0 radical (unpaired) electrons. The van der Waals surface area contributed by atoms with Crippen LogP contribution in [-0.2, 0) is 11.3 Å². The van der Waals surface area contributed by atoms with Crippen LogP contribution in [0.15, 0.2) is 41.7 Å². The van der Waals surface area contributed by atoms with E-state index in [9.17, 15) is 4.79 Å². The van der Waals surface area contributed by atoms with E-state index in [0.29, 0.717) is 13.1 Å². The quantitative estimate of drug-likeness (QED) is 0.319. The molecule has 2 aromatic heterocycles. The summed E-state index contributed by atoms with van der Waals surface area (Å²) in [6.07, 6.45) is 4.65. The summed E-state index contributed by atoms with van der Waals surface area (Å²) >= 11 is 1.66. The van der Waals surface area contributed by atoms with Crippen LogP contribution in [0.25, 0.3) is 11.0 Å². The highest BCUT2D eigenvalue weighted by atomic mass is 32.2. The molecule has 7 nitrogen and oxygen atoms in total. The molecule has 0 aliphatic rings. The summed E-state index contributed by atoms with van der Waals surface area (Å²) in [6, 6.07) is 9.92. The standard InChI is InChI=1S/C23H32N6OS/c1-4-12-24-20-19-16-26-29(21(19)28-23(27-20)31-15-5-2)14-13-25-22(30)18(6-3)17-10-8-7-9-11-17/h7-11,16,18H,4-6,12-15H2,1-3H3,(H,25,30)(H,24,27,28). The van der Waals surface area contributed by atoms with Gasteiger partial charge in [0.25, 0.3) is 0 Å². The lowest BCUT2D eigenvalue weighted by molar-refractivity contribution is -0.122. The first-order valence-corrected chi connectivity index (χ1v) is 12.1. The predicted octanol–water partition coefficient (Wildman–Crippen LogP) is 4.46. The maximum atomic E-state index is 12.7. The van der Waals surface area contributed by atoms with E-state index in [1.165, 1.54) is 0 Å². The maximum Gasteiger partial charge on any atom is 0.227 e. The average molecular weight is 441 g/mol. The van der Waals surface area contributed by atoms with E-state index in [1.54, 1.807) is 11.8 Å². The molecule has 0 aliphatic carbocycles. The zero-order valence-corrected chi connectivity index (χ0v) is 19.4. The van der Waals surface area contributed by atoms with Crippen molar-refractivity contribution in [3.05, 3.63) is 42.1 Å². The summed E-state index contributed by atoms with van der Waals surface area (Å²) in [4.78, 5) is 22.2. The van der Waals surface area contributed by atoms with Gasteiger partial charge < -0.3 is 10.6 Å². The Morgan fingerprint density at radius 3 is 2.61 bits per heavy atom. The molecule has 1 unspecified atom stereocenters. The number of thioether (sulfide) groups is 1. The SMILES string of the molecule is CCCNc1nc(SCCC)nc2c1cnn2CCNC(=O)C(CC)c1ccccc1. The van der Waals surface area contributed by atoms with Gasteiger partial charge in [0.15, 0.2) is 10.8 Å². The number of hydrogen-bond donors (Lipinski definition) is 2. The second-order valence-electron chi connectivity index (χ2n) is 7.40. The minimum Gasteiger partial charge on any atom is -0.369 e. The van der Waals surface area contributed by atoms with Gasteiger partial charge in [0.1, 0.15) is 5.82 Å². The van der Waals surface area contributed by atoms with Gasteiger partial charge in [-0.25, -0.2) is 14.6 Å². The Hall–Kier alpha value is -2.61. The number of rotatable bonds is 12. The number of fused-ring (bicyclic) bond motifs is 1. The van der Waals surface area contributed by atoms with Gasteiger partial charge in [-0.15, -0.1) is 0 Å². The minimum atomic E-state index is -0.139. The van der Waals surface area contributed by atoms with Crippen molar-refractivity contribution in [1.29, 1.82) is 0 Å². The molecule has 2 heterocycles. The van der Waals surface area contributed by atoms with Gasteiger partial charge in [0.2, 0.25) is 5.91 Å². The first-order valence-electron chi connectivity index (χ1n) is 11.1. The van der Waals surface area contributed by atoms with Crippen molar-refractivity contribution in [3.63, 3.8) is 0 Å². The van der Waals surface area contributed by atoms with Gasteiger partial charge in [-0.05, 0) is 24.8 Å². The highest BCUT2D eigenvalue weighted by molar-refractivity contribution is 7.99. The smallest absolute Gasteiger partial charge is 0.227 e. The lowest BCUT2D eigenvalue weighted by Gasteiger charge is -2.15. The van der Waals surface area contributed by atoms with E-state index < -0.39 is 0 Å². The highest BCUT2D eigenvalue weighted by Crippen LogP contribution is 2.25. The molecule has 8 heteroatoms. The molecule has 0 aliphatic heterocycles. The molecule has 2 N–H and O–H groups in total. The topological polar surface area (TPSA) is 84.7 Å².